The van der Waals surface area contributed by atoms with Crippen molar-refractivity contribution in [2.75, 3.05) is 11.1 Å². The lowest BCUT2D eigenvalue weighted by atomic mass is 10.1. The molecule has 106 valence electrons. The number of aromatic nitrogens is 2. The third-order valence-corrected chi connectivity index (χ3v) is 3.20. The maximum absolute atomic E-state index is 12.1. The first kappa shape index (κ1) is 14.1. The number of benzene rings is 1. The smallest absolute Gasteiger partial charge is 0.228 e. The van der Waals surface area contributed by atoms with E-state index in [1.807, 2.05) is 31.2 Å². The van der Waals surface area contributed by atoms with Crippen LogP contribution < -0.4 is 11.1 Å². The van der Waals surface area contributed by atoms with Gasteiger partial charge in [0.05, 0.1) is 11.9 Å². The molecule has 0 saturated carbocycles. The number of hydrogen-bond acceptors (Lipinski definition) is 3. The van der Waals surface area contributed by atoms with Crippen LogP contribution in [0.25, 0.3) is 5.69 Å². The normalized spacial score (nSPS) is 12.1. The quantitative estimate of drug-likeness (QED) is 0.822. The monoisotopic (exact) mass is 272 g/mol. The molecule has 1 unspecified atom stereocenters. The Labute approximate surface area is 118 Å². The molecule has 0 aliphatic carbocycles. The Morgan fingerprint density at radius 1 is 1.35 bits per heavy atom. The topological polar surface area (TPSA) is 72.9 Å². The molecule has 20 heavy (non-hydrogen) atoms. The van der Waals surface area contributed by atoms with E-state index >= 15 is 0 Å². The number of nitrogens with one attached hydrogen (secondary N) is 1. The summed E-state index contributed by atoms with van der Waals surface area (Å²) in [6, 6.07) is 9.14. The van der Waals surface area contributed by atoms with Crippen molar-refractivity contribution >= 4 is 17.4 Å². The van der Waals surface area contributed by atoms with E-state index in [4.69, 9.17) is 5.73 Å². The van der Waals surface area contributed by atoms with E-state index in [0.717, 1.165) is 18.5 Å². The van der Waals surface area contributed by atoms with Crippen LogP contribution in [0.5, 0.6) is 0 Å². The summed E-state index contributed by atoms with van der Waals surface area (Å²) < 4.78 is 1.69. The zero-order chi connectivity index (χ0) is 14.5. The van der Waals surface area contributed by atoms with Gasteiger partial charge in [0.15, 0.2) is 0 Å². The van der Waals surface area contributed by atoms with Crippen molar-refractivity contribution in [3.63, 3.8) is 0 Å². The number of rotatable bonds is 5. The lowest BCUT2D eigenvalue weighted by Crippen LogP contribution is -2.21. The third kappa shape index (κ3) is 3.17. The van der Waals surface area contributed by atoms with Crippen LogP contribution in [0.2, 0.25) is 0 Å². The molecule has 1 aromatic heterocycles. The maximum Gasteiger partial charge on any atom is 0.228 e. The second-order valence-corrected chi connectivity index (χ2v) is 4.90. The van der Waals surface area contributed by atoms with Gasteiger partial charge in [-0.05, 0) is 30.7 Å². The summed E-state index contributed by atoms with van der Waals surface area (Å²) in [5.41, 5.74) is 7.23. The van der Waals surface area contributed by atoms with Crippen LogP contribution in [0.3, 0.4) is 0 Å². The van der Waals surface area contributed by atoms with Gasteiger partial charge in [0.2, 0.25) is 5.91 Å². The van der Waals surface area contributed by atoms with Crippen LogP contribution in [0.4, 0.5) is 11.5 Å². The lowest BCUT2D eigenvalue weighted by Gasteiger charge is -2.12. The molecule has 5 heteroatoms. The first-order valence-corrected chi connectivity index (χ1v) is 6.82. The Hall–Kier alpha value is -2.30. The minimum absolute atomic E-state index is 0.00484. The number of nitrogens with zero attached hydrogens (tertiary/aromatic N) is 2. The predicted octanol–water partition coefficient (Wildman–Crippen LogP) is 2.83. The first-order valence-electron chi connectivity index (χ1n) is 6.82. The number of anilines is 2. The Kier molecular flexibility index (Phi) is 4.40. The molecular formula is C15H20N4O. The van der Waals surface area contributed by atoms with Crippen LogP contribution in [-0.2, 0) is 4.79 Å². The van der Waals surface area contributed by atoms with E-state index in [-0.39, 0.29) is 11.8 Å². The van der Waals surface area contributed by atoms with Gasteiger partial charge in [-0.25, -0.2) is 4.68 Å². The lowest BCUT2D eigenvalue weighted by molar-refractivity contribution is -0.119. The molecule has 0 fully saturated rings. The molecule has 1 amide bonds. The molecule has 0 aliphatic rings. The molecule has 5 nitrogen and oxygen atoms in total. The van der Waals surface area contributed by atoms with E-state index in [2.05, 4.69) is 17.3 Å². The SMILES string of the molecule is CCCC(C)C(=O)Nc1ccnn1-c1ccc(N)cc1. The fraction of sp³-hybridized carbons (Fsp3) is 0.333. The highest BCUT2D eigenvalue weighted by Crippen LogP contribution is 2.17. The summed E-state index contributed by atoms with van der Waals surface area (Å²) in [5.74, 6) is 0.682. The van der Waals surface area contributed by atoms with Gasteiger partial charge in [-0.1, -0.05) is 20.3 Å². The fourth-order valence-corrected chi connectivity index (χ4v) is 2.03. The molecule has 3 N–H and O–H groups in total. The van der Waals surface area contributed by atoms with Crippen molar-refractivity contribution in [1.82, 2.24) is 9.78 Å². The van der Waals surface area contributed by atoms with Crippen molar-refractivity contribution in [3.8, 4) is 5.69 Å². The van der Waals surface area contributed by atoms with Crippen LogP contribution in [0.1, 0.15) is 26.7 Å². The highest BCUT2D eigenvalue weighted by molar-refractivity contribution is 5.91. The van der Waals surface area contributed by atoms with E-state index in [1.165, 1.54) is 0 Å². The molecule has 2 aromatic rings. The largest absolute Gasteiger partial charge is 0.399 e. The number of nitrogen functional groups attached to an aromatic ring is 1. The molecule has 1 aromatic carbocycles. The average Bonchev–Trinajstić information content (AvgIpc) is 2.88. The highest BCUT2D eigenvalue weighted by Gasteiger charge is 2.14. The molecule has 0 saturated heterocycles. The summed E-state index contributed by atoms with van der Waals surface area (Å²) in [7, 11) is 0. The molecular weight excluding hydrogens is 252 g/mol. The number of nitrogens with two attached hydrogens (primary N) is 1. The van der Waals surface area contributed by atoms with Gasteiger partial charge in [0.1, 0.15) is 5.82 Å². The van der Waals surface area contributed by atoms with Crippen LogP contribution in [0, 0.1) is 5.92 Å². The van der Waals surface area contributed by atoms with Crippen LogP contribution >= 0.6 is 0 Å². The summed E-state index contributed by atoms with van der Waals surface area (Å²) >= 11 is 0. The Morgan fingerprint density at radius 2 is 2.05 bits per heavy atom. The van der Waals surface area contributed by atoms with Gasteiger partial charge in [-0.3, -0.25) is 4.79 Å². The van der Waals surface area contributed by atoms with Crippen molar-refractivity contribution in [2.45, 2.75) is 26.7 Å². The highest BCUT2D eigenvalue weighted by atomic mass is 16.1. The summed E-state index contributed by atoms with van der Waals surface area (Å²) in [4.78, 5) is 12.1. The summed E-state index contributed by atoms with van der Waals surface area (Å²) in [6.45, 7) is 4.01. The van der Waals surface area contributed by atoms with E-state index in [1.54, 1.807) is 16.9 Å². The summed E-state index contributed by atoms with van der Waals surface area (Å²) in [5, 5.41) is 7.15. The second kappa shape index (κ2) is 6.23. The molecule has 0 spiro atoms. The standard InChI is InChI=1S/C15H20N4O/c1-3-4-11(2)15(20)18-14-9-10-17-19(14)13-7-5-12(16)6-8-13/h5-11H,3-4,16H2,1-2H3,(H,18,20). The Balaban J connectivity index is 2.17. The van der Waals surface area contributed by atoms with Crippen LogP contribution in [0.15, 0.2) is 36.5 Å². The maximum atomic E-state index is 12.1. The number of carbonyl (C=O) groups excluding carboxylic acids is 1. The zero-order valence-electron chi connectivity index (χ0n) is 11.8. The van der Waals surface area contributed by atoms with E-state index in [0.29, 0.717) is 11.5 Å². The Bertz CT molecular complexity index is 574. The fourth-order valence-electron chi connectivity index (χ4n) is 2.03. The molecule has 0 aliphatic heterocycles. The average molecular weight is 272 g/mol. The van der Waals surface area contributed by atoms with Crippen molar-refractivity contribution in [1.29, 1.82) is 0 Å². The molecule has 1 atom stereocenters. The number of hydrogen-bond donors (Lipinski definition) is 2. The van der Waals surface area contributed by atoms with Crippen molar-refractivity contribution < 1.29 is 4.79 Å². The zero-order valence-corrected chi connectivity index (χ0v) is 11.8. The number of amides is 1. The predicted molar refractivity (Wildman–Crippen MR) is 80.7 cm³/mol. The van der Waals surface area contributed by atoms with Gasteiger partial charge < -0.3 is 11.1 Å². The minimum atomic E-state index is -0.00484. The molecule has 0 bridgehead atoms. The number of carbonyl (C=O) groups is 1. The van der Waals surface area contributed by atoms with Gasteiger partial charge >= 0.3 is 0 Å². The van der Waals surface area contributed by atoms with Crippen LogP contribution in [-0.4, -0.2) is 15.7 Å². The Morgan fingerprint density at radius 3 is 2.70 bits per heavy atom. The van der Waals surface area contributed by atoms with Gasteiger partial charge in [0, 0.05) is 17.7 Å². The minimum Gasteiger partial charge on any atom is -0.399 e. The van der Waals surface area contributed by atoms with E-state index in [9.17, 15) is 4.79 Å². The molecule has 0 radical (unpaired) electrons. The third-order valence-electron chi connectivity index (χ3n) is 3.20. The second-order valence-electron chi connectivity index (χ2n) is 4.90. The van der Waals surface area contributed by atoms with Gasteiger partial charge in [0.25, 0.3) is 0 Å². The van der Waals surface area contributed by atoms with Crippen molar-refractivity contribution in [2.24, 2.45) is 5.92 Å². The molecule has 2 rings (SSSR count). The van der Waals surface area contributed by atoms with Crippen molar-refractivity contribution in [3.05, 3.63) is 36.5 Å². The van der Waals surface area contributed by atoms with Gasteiger partial charge in [-0.15, -0.1) is 0 Å². The molecule has 1 heterocycles. The van der Waals surface area contributed by atoms with Gasteiger partial charge in [-0.2, -0.15) is 5.10 Å². The van der Waals surface area contributed by atoms with E-state index < -0.39 is 0 Å². The summed E-state index contributed by atoms with van der Waals surface area (Å²) in [6.07, 6.45) is 3.53. The first-order chi connectivity index (χ1) is 9.61.